The quantitative estimate of drug-likeness (QED) is 0.222. The molecule has 0 aliphatic carbocycles. The first-order chi connectivity index (χ1) is 17.3. The number of benzene rings is 3. The zero-order valence-electron chi connectivity index (χ0n) is 19.7. The first-order valence-corrected chi connectivity index (χ1v) is 12.7. The van der Waals surface area contributed by atoms with E-state index in [9.17, 15) is 4.79 Å². The first-order valence-electron chi connectivity index (χ1n) is 11.6. The molecule has 186 valence electrons. The molecule has 0 spiro atoms. The molecule has 1 saturated heterocycles. The zero-order chi connectivity index (χ0) is 25.4. The average molecular weight is 545 g/mol. The molecular formula is C28H24Cl3NO4. The van der Waals surface area contributed by atoms with Gasteiger partial charge in [-0.15, -0.1) is 0 Å². The number of aryl methyl sites for hydroxylation is 2. The van der Waals surface area contributed by atoms with Gasteiger partial charge in [0.25, 0.3) is 0 Å². The summed E-state index contributed by atoms with van der Waals surface area (Å²) in [5.74, 6) is 1.48. The maximum Gasteiger partial charge on any atom is 0.153 e. The first kappa shape index (κ1) is 25.0. The Kier molecular flexibility index (Phi) is 7.18. The van der Waals surface area contributed by atoms with Gasteiger partial charge in [0, 0.05) is 11.8 Å². The van der Waals surface area contributed by atoms with E-state index in [1.54, 1.807) is 16.7 Å². The smallest absolute Gasteiger partial charge is 0.153 e. The van der Waals surface area contributed by atoms with Gasteiger partial charge in [-0.2, -0.15) is 0 Å². The number of fused-ring (bicyclic) bond motifs is 1. The molecule has 3 aromatic carbocycles. The predicted octanol–water partition coefficient (Wildman–Crippen LogP) is 7.84. The minimum atomic E-state index is -0.506. The summed E-state index contributed by atoms with van der Waals surface area (Å²) in [5.41, 5.74) is 3.29. The highest BCUT2D eigenvalue weighted by molar-refractivity contribution is 6.43. The number of ether oxygens (including phenoxy) is 3. The number of carbonyl (C=O) groups is 1. The van der Waals surface area contributed by atoms with Crippen molar-refractivity contribution in [2.75, 3.05) is 6.61 Å². The van der Waals surface area contributed by atoms with Crippen molar-refractivity contribution in [3.8, 4) is 11.5 Å². The molecule has 4 aromatic rings. The summed E-state index contributed by atoms with van der Waals surface area (Å²) < 4.78 is 20.6. The zero-order valence-corrected chi connectivity index (χ0v) is 22.0. The van der Waals surface area contributed by atoms with Gasteiger partial charge in [-0.25, -0.2) is 0 Å². The van der Waals surface area contributed by atoms with E-state index in [0.29, 0.717) is 32.9 Å². The second-order valence-electron chi connectivity index (χ2n) is 8.93. The highest BCUT2D eigenvalue weighted by atomic mass is 35.5. The van der Waals surface area contributed by atoms with E-state index in [-0.39, 0.29) is 17.9 Å². The van der Waals surface area contributed by atoms with Crippen molar-refractivity contribution < 1.29 is 19.0 Å². The fourth-order valence-electron chi connectivity index (χ4n) is 4.43. The van der Waals surface area contributed by atoms with Gasteiger partial charge in [0.05, 0.1) is 21.1 Å². The summed E-state index contributed by atoms with van der Waals surface area (Å²) in [5, 5.41) is 1.58. The van der Waals surface area contributed by atoms with Crippen molar-refractivity contribution in [2.24, 2.45) is 0 Å². The van der Waals surface area contributed by atoms with E-state index in [2.05, 4.69) is 0 Å². The van der Waals surface area contributed by atoms with E-state index >= 15 is 0 Å². The molecule has 0 unspecified atom stereocenters. The Labute approximate surface area is 224 Å². The maximum atomic E-state index is 11.9. The van der Waals surface area contributed by atoms with Gasteiger partial charge in [-0.05, 0) is 50.2 Å². The van der Waals surface area contributed by atoms with Crippen LogP contribution in [0.4, 0.5) is 0 Å². The summed E-state index contributed by atoms with van der Waals surface area (Å²) in [6, 6.07) is 19.1. The van der Waals surface area contributed by atoms with Crippen molar-refractivity contribution >= 4 is 52.0 Å². The van der Waals surface area contributed by atoms with Crippen LogP contribution in [0, 0.1) is 13.8 Å². The number of aromatic nitrogens is 1. The lowest BCUT2D eigenvalue weighted by Gasteiger charge is -2.20. The van der Waals surface area contributed by atoms with E-state index in [1.165, 1.54) is 0 Å². The summed E-state index contributed by atoms with van der Waals surface area (Å²) in [7, 11) is 0. The van der Waals surface area contributed by atoms with Gasteiger partial charge in [-0.3, -0.25) is 4.79 Å². The highest BCUT2D eigenvalue weighted by Crippen LogP contribution is 2.41. The minimum absolute atomic E-state index is 0.262. The van der Waals surface area contributed by atoms with E-state index in [0.717, 1.165) is 28.9 Å². The van der Waals surface area contributed by atoms with Crippen molar-refractivity contribution in [1.29, 1.82) is 0 Å². The molecule has 1 aromatic heterocycles. The van der Waals surface area contributed by atoms with Gasteiger partial charge in [0.1, 0.15) is 41.7 Å². The van der Waals surface area contributed by atoms with Gasteiger partial charge >= 0.3 is 0 Å². The Bertz CT molecular complexity index is 1400. The third kappa shape index (κ3) is 4.94. The lowest BCUT2D eigenvalue weighted by Crippen LogP contribution is -2.32. The molecule has 0 amide bonds. The summed E-state index contributed by atoms with van der Waals surface area (Å²) in [6.07, 6.45) is -0.0167. The van der Waals surface area contributed by atoms with Crippen LogP contribution in [-0.2, 0) is 4.74 Å². The lowest BCUT2D eigenvalue weighted by atomic mass is 10.1. The van der Waals surface area contributed by atoms with Crippen molar-refractivity contribution in [1.82, 2.24) is 4.57 Å². The topological polar surface area (TPSA) is 49.7 Å². The Morgan fingerprint density at radius 2 is 1.56 bits per heavy atom. The summed E-state index contributed by atoms with van der Waals surface area (Å²) in [4.78, 5) is 11.9. The van der Waals surface area contributed by atoms with Crippen LogP contribution in [-0.4, -0.2) is 29.7 Å². The second kappa shape index (κ2) is 10.3. The second-order valence-corrected chi connectivity index (χ2v) is 10.1. The van der Waals surface area contributed by atoms with Gasteiger partial charge in [0.15, 0.2) is 6.29 Å². The molecule has 8 heteroatoms. The Morgan fingerprint density at radius 1 is 0.944 bits per heavy atom. The number of aldehydes is 1. The minimum Gasteiger partial charge on any atom is -0.491 e. The molecule has 36 heavy (non-hydrogen) atoms. The average Bonchev–Trinajstić information content (AvgIpc) is 3.37. The van der Waals surface area contributed by atoms with Crippen LogP contribution >= 0.6 is 34.8 Å². The molecule has 3 atom stereocenters. The van der Waals surface area contributed by atoms with Crippen molar-refractivity contribution in [3.63, 3.8) is 0 Å². The summed E-state index contributed by atoms with van der Waals surface area (Å²) in [6.45, 7) is 4.33. The lowest BCUT2D eigenvalue weighted by molar-refractivity contribution is -0.0337. The number of halogens is 3. The monoisotopic (exact) mass is 543 g/mol. The van der Waals surface area contributed by atoms with Crippen LogP contribution in [0.15, 0.2) is 60.7 Å². The van der Waals surface area contributed by atoms with Crippen LogP contribution in [0.2, 0.25) is 15.2 Å². The Morgan fingerprint density at radius 3 is 2.19 bits per heavy atom. The molecule has 2 heterocycles. The number of rotatable bonds is 7. The third-order valence-electron chi connectivity index (χ3n) is 6.35. The molecule has 0 bridgehead atoms. The molecule has 5 rings (SSSR count). The van der Waals surface area contributed by atoms with Crippen molar-refractivity contribution in [2.45, 2.75) is 38.7 Å². The molecule has 0 radical (unpaired) electrons. The summed E-state index contributed by atoms with van der Waals surface area (Å²) >= 11 is 19.2. The molecule has 0 N–H and O–H groups in total. The molecular weight excluding hydrogens is 521 g/mol. The van der Waals surface area contributed by atoms with E-state index in [1.807, 2.05) is 62.4 Å². The Hall–Kier alpha value is -2.70. The molecule has 1 aliphatic rings. The van der Waals surface area contributed by atoms with Crippen LogP contribution in [0.25, 0.3) is 10.9 Å². The van der Waals surface area contributed by atoms with E-state index < -0.39 is 12.3 Å². The molecule has 0 saturated carbocycles. The predicted molar refractivity (Wildman–Crippen MR) is 143 cm³/mol. The SMILES string of the molecule is Cc1ccc(OC[C@H]2O[C@@H](n3c(Cl)c(C=O)c4cc(Cl)c(Cl)cc43)C[C@@H]2Oc2ccc(C)cc2)cc1. The Balaban J connectivity index is 1.47. The molecule has 1 aliphatic heterocycles. The van der Waals surface area contributed by atoms with Gasteiger partial charge in [0.2, 0.25) is 0 Å². The maximum absolute atomic E-state index is 11.9. The standard InChI is InChI=1S/C28H24Cl3NO4/c1-16-3-7-18(8-4-16)34-15-26-25(35-19-9-5-17(2)6-10-19)13-27(36-26)32-24-12-23(30)22(29)11-20(24)21(14-33)28(32)31/h3-12,14,25-27H,13,15H2,1-2H3/t25-,26+,27+/m0/s1. The molecule has 5 nitrogen and oxygen atoms in total. The van der Waals surface area contributed by atoms with Crippen LogP contribution in [0.5, 0.6) is 11.5 Å². The van der Waals surface area contributed by atoms with Crippen LogP contribution in [0.1, 0.15) is 34.1 Å². The number of carbonyl (C=O) groups excluding carboxylic acids is 1. The fraction of sp³-hybridized carbons (Fsp3) is 0.250. The number of hydrogen-bond donors (Lipinski definition) is 0. The third-order valence-corrected chi connectivity index (χ3v) is 7.46. The number of hydrogen-bond acceptors (Lipinski definition) is 4. The number of nitrogens with zero attached hydrogens (tertiary/aromatic N) is 1. The highest BCUT2D eigenvalue weighted by Gasteiger charge is 2.40. The largest absolute Gasteiger partial charge is 0.491 e. The van der Waals surface area contributed by atoms with Crippen molar-refractivity contribution in [3.05, 3.63) is 92.6 Å². The van der Waals surface area contributed by atoms with Crippen LogP contribution in [0.3, 0.4) is 0 Å². The normalized spacial score (nSPS) is 19.5. The molecule has 1 fully saturated rings. The van der Waals surface area contributed by atoms with E-state index in [4.69, 9.17) is 49.0 Å². The van der Waals surface area contributed by atoms with Gasteiger partial charge in [-0.1, -0.05) is 70.2 Å². The fourth-order valence-corrected chi connectivity index (χ4v) is 5.10. The van der Waals surface area contributed by atoms with Gasteiger partial charge < -0.3 is 18.8 Å². The van der Waals surface area contributed by atoms with Crippen LogP contribution < -0.4 is 9.47 Å².